The van der Waals surface area contributed by atoms with E-state index in [-0.39, 0.29) is 5.92 Å². The summed E-state index contributed by atoms with van der Waals surface area (Å²) in [7, 11) is 0. The van der Waals surface area contributed by atoms with Crippen LogP contribution in [0, 0.1) is 5.92 Å². The summed E-state index contributed by atoms with van der Waals surface area (Å²) in [6, 6.07) is 14.2. The first kappa shape index (κ1) is 22.7. The Bertz CT molecular complexity index is 954. The molecule has 0 spiro atoms. The van der Waals surface area contributed by atoms with E-state index in [0.717, 1.165) is 4.90 Å². The van der Waals surface area contributed by atoms with Crippen LogP contribution in [0.1, 0.15) is 25.8 Å². The number of benzene rings is 2. The molecule has 1 aliphatic rings. The Morgan fingerprint density at radius 3 is 2.32 bits per heavy atom. The van der Waals surface area contributed by atoms with E-state index < -0.39 is 35.7 Å². The van der Waals surface area contributed by atoms with Crippen LogP contribution in [0.3, 0.4) is 0 Å². The van der Waals surface area contributed by atoms with E-state index in [1.165, 1.54) is 24.3 Å². The molecule has 9 heteroatoms. The number of imide groups is 1. The molecule has 6 nitrogen and oxygen atoms in total. The van der Waals surface area contributed by atoms with E-state index in [0.29, 0.717) is 34.3 Å². The molecule has 1 unspecified atom stereocenters. The van der Waals surface area contributed by atoms with Gasteiger partial charge in [-0.15, -0.1) is 0 Å². The highest BCUT2D eigenvalue weighted by molar-refractivity contribution is 7.99. The van der Waals surface area contributed by atoms with Crippen LogP contribution in [-0.4, -0.2) is 35.0 Å². The molecule has 31 heavy (non-hydrogen) atoms. The lowest BCUT2D eigenvalue weighted by molar-refractivity contribution is -0.134. The minimum atomic E-state index is -2.53. The summed E-state index contributed by atoms with van der Waals surface area (Å²) in [5.74, 6) is -3.46. The van der Waals surface area contributed by atoms with Gasteiger partial charge < -0.3 is 10.6 Å². The SMILES string of the molecule is CC(C)CC1(c2ccccc2)NC(=O)N(CC(=O)Nc2ccc(SC(F)F)cc2)C1=O. The number of hydrogen-bond donors (Lipinski definition) is 2. The van der Waals surface area contributed by atoms with Crippen LogP contribution in [0.25, 0.3) is 0 Å². The van der Waals surface area contributed by atoms with Crippen LogP contribution >= 0.6 is 11.8 Å². The molecule has 1 fully saturated rings. The van der Waals surface area contributed by atoms with Crippen molar-refractivity contribution in [3.63, 3.8) is 0 Å². The van der Waals surface area contributed by atoms with E-state index in [4.69, 9.17) is 0 Å². The third kappa shape index (κ3) is 5.22. The summed E-state index contributed by atoms with van der Waals surface area (Å²) in [5, 5.41) is 5.38. The third-order valence-corrected chi connectivity index (χ3v) is 5.54. The lowest BCUT2D eigenvalue weighted by atomic mass is 9.82. The minimum Gasteiger partial charge on any atom is -0.325 e. The number of rotatable bonds is 8. The zero-order valence-corrected chi connectivity index (χ0v) is 17.9. The quantitative estimate of drug-likeness (QED) is 0.464. The monoisotopic (exact) mass is 447 g/mol. The van der Waals surface area contributed by atoms with E-state index in [9.17, 15) is 23.2 Å². The average Bonchev–Trinajstić information content (AvgIpc) is 2.94. The maximum Gasteiger partial charge on any atom is 0.325 e. The fourth-order valence-electron chi connectivity index (χ4n) is 3.62. The molecule has 0 saturated carbocycles. The molecule has 0 radical (unpaired) electrons. The van der Waals surface area contributed by atoms with Gasteiger partial charge in [-0.05, 0) is 42.2 Å². The second-order valence-electron chi connectivity index (χ2n) is 7.64. The number of carbonyl (C=O) groups is 3. The van der Waals surface area contributed by atoms with Crippen LogP contribution in [0.2, 0.25) is 0 Å². The molecule has 1 atom stereocenters. The molecule has 164 valence electrons. The number of amides is 4. The number of alkyl halides is 2. The number of hydrogen-bond acceptors (Lipinski definition) is 4. The van der Waals surface area contributed by atoms with Crippen LogP contribution in [0.15, 0.2) is 59.5 Å². The zero-order valence-electron chi connectivity index (χ0n) is 17.1. The molecule has 3 rings (SSSR count). The van der Waals surface area contributed by atoms with Gasteiger partial charge in [0.05, 0.1) is 0 Å². The van der Waals surface area contributed by atoms with Gasteiger partial charge in [0.15, 0.2) is 0 Å². The van der Waals surface area contributed by atoms with Gasteiger partial charge in [-0.25, -0.2) is 4.79 Å². The highest BCUT2D eigenvalue weighted by atomic mass is 32.2. The molecule has 4 amide bonds. The molecule has 2 aromatic carbocycles. The second-order valence-corrected chi connectivity index (χ2v) is 8.71. The third-order valence-electron chi connectivity index (χ3n) is 4.82. The summed E-state index contributed by atoms with van der Waals surface area (Å²) in [6.07, 6.45) is 0.392. The van der Waals surface area contributed by atoms with Crippen molar-refractivity contribution in [3.05, 3.63) is 60.2 Å². The first-order valence-corrected chi connectivity index (χ1v) is 10.6. The summed E-state index contributed by atoms with van der Waals surface area (Å²) >= 11 is 0.403. The molecule has 2 aromatic rings. The van der Waals surface area contributed by atoms with Gasteiger partial charge in [0.1, 0.15) is 12.1 Å². The Morgan fingerprint density at radius 1 is 1.10 bits per heavy atom. The Balaban J connectivity index is 1.73. The second kappa shape index (κ2) is 9.47. The highest BCUT2D eigenvalue weighted by Gasteiger charge is 2.52. The molecule has 1 aliphatic heterocycles. The fraction of sp³-hybridized carbons (Fsp3) is 0.318. The number of anilines is 1. The molecule has 1 heterocycles. The van der Waals surface area contributed by atoms with Crippen molar-refractivity contribution < 1.29 is 23.2 Å². The predicted molar refractivity (Wildman–Crippen MR) is 115 cm³/mol. The summed E-state index contributed by atoms with van der Waals surface area (Å²) < 4.78 is 24.8. The van der Waals surface area contributed by atoms with Crippen LogP contribution in [0.4, 0.5) is 19.3 Å². The van der Waals surface area contributed by atoms with Gasteiger partial charge in [-0.3, -0.25) is 14.5 Å². The van der Waals surface area contributed by atoms with Gasteiger partial charge in [-0.1, -0.05) is 55.9 Å². The van der Waals surface area contributed by atoms with Gasteiger partial charge in [-0.2, -0.15) is 8.78 Å². The number of nitrogens with one attached hydrogen (secondary N) is 2. The molecule has 0 bridgehead atoms. The smallest absolute Gasteiger partial charge is 0.325 e. The van der Waals surface area contributed by atoms with Gasteiger partial charge in [0.25, 0.3) is 11.7 Å². The molecule has 0 aliphatic carbocycles. The van der Waals surface area contributed by atoms with E-state index >= 15 is 0 Å². The largest absolute Gasteiger partial charge is 0.325 e. The van der Waals surface area contributed by atoms with Crippen molar-refractivity contribution >= 4 is 35.3 Å². The van der Waals surface area contributed by atoms with Crippen LogP contribution in [-0.2, 0) is 15.1 Å². The average molecular weight is 448 g/mol. The topological polar surface area (TPSA) is 78.5 Å². The fourth-order valence-corrected chi connectivity index (χ4v) is 4.12. The van der Waals surface area contributed by atoms with E-state index in [2.05, 4.69) is 10.6 Å². The van der Waals surface area contributed by atoms with Gasteiger partial charge >= 0.3 is 6.03 Å². The van der Waals surface area contributed by atoms with Crippen molar-refractivity contribution in [3.8, 4) is 0 Å². The van der Waals surface area contributed by atoms with Gasteiger partial charge in [0, 0.05) is 10.6 Å². The molecular formula is C22H23F2N3O3S. The van der Waals surface area contributed by atoms with Gasteiger partial charge in [0.2, 0.25) is 5.91 Å². The first-order chi connectivity index (χ1) is 14.7. The number of nitrogens with zero attached hydrogens (tertiary/aromatic N) is 1. The van der Waals surface area contributed by atoms with Crippen molar-refractivity contribution in [2.45, 2.75) is 36.5 Å². The standard InChI is InChI=1S/C22H23F2N3O3S/c1-14(2)12-22(15-6-4-3-5-7-15)19(29)27(21(30)26-22)13-18(28)25-16-8-10-17(11-9-16)31-20(23)24/h3-11,14,20H,12-13H2,1-2H3,(H,25,28)(H,26,30). The summed E-state index contributed by atoms with van der Waals surface area (Å²) in [4.78, 5) is 39.7. The normalized spacial score (nSPS) is 18.6. The van der Waals surface area contributed by atoms with E-state index in [1.54, 1.807) is 24.3 Å². The predicted octanol–water partition coefficient (Wildman–Crippen LogP) is 4.43. The van der Waals surface area contributed by atoms with E-state index in [1.807, 2.05) is 19.9 Å². The molecular weight excluding hydrogens is 424 g/mol. The maximum absolute atomic E-state index is 13.3. The van der Waals surface area contributed by atoms with Crippen molar-refractivity contribution in [2.24, 2.45) is 5.92 Å². The highest BCUT2D eigenvalue weighted by Crippen LogP contribution is 2.35. The lowest BCUT2D eigenvalue weighted by Crippen LogP contribution is -2.45. The number of thioether (sulfide) groups is 1. The zero-order chi connectivity index (χ0) is 22.6. The molecule has 2 N–H and O–H groups in total. The Hall–Kier alpha value is -2.94. The lowest BCUT2D eigenvalue weighted by Gasteiger charge is -2.29. The minimum absolute atomic E-state index is 0.114. The molecule has 1 saturated heterocycles. The first-order valence-electron chi connectivity index (χ1n) is 9.75. The number of carbonyl (C=O) groups excluding carboxylic acids is 3. The van der Waals surface area contributed by atoms with Crippen LogP contribution < -0.4 is 10.6 Å². The van der Waals surface area contributed by atoms with Crippen molar-refractivity contribution in [2.75, 3.05) is 11.9 Å². The molecule has 0 aromatic heterocycles. The maximum atomic E-state index is 13.3. The van der Waals surface area contributed by atoms with Crippen molar-refractivity contribution in [1.82, 2.24) is 10.2 Å². The number of urea groups is 1. The van der Waals surface area contributed by atoms with Crippen LogP contribution in [0.5, 0.6) is 0 Å². The Labute approximate surface area is 183 Å². The Kier molecular flexibility index (Phi) is 6.94. The number of halogens is 2. The summed E-state index contributed by atoms with van der Waals surface area (Å²) in [6.45, 7) is 3.45. The Morgan fingerprint density at radius 2 is 1.74 bits per heavy atom. The summed E-state index contributed by atoms with van der Waals surface area (Å²) in [5.41, 5.74) is -0.176. The van der Waals surface area contributed by atoms with Crippen molar-refractivity contribution in [1.29, 1.82) is 0 Å².